The van der Waals surface area contributed by atoms with Gasteiger partial charge in [0.05, 0.1) is 21.2 Å². The van der Waals surface area contributed by atoms with E-state index in [-0.39, 0.29) is 22.9 Å². The third-order valence-electron chi connectivity index (χ3n) is 5.69. The molecule has 1 N–H and O–H groups in total. The lowest BCUT2D eigenvalue weighted by Crippen LogP contribution is -2.11. The molecule has 0 radical (unpaired) electrons. The highest BCUT2D eigenvalue weighted by molar-refractivity contribution is 6.38. The van der Waals surface area contributed by atoms with Crippen LogP contribution in [0.3, 0.4) is 0 Å². The Balaban J connectivity index is 1.94. The molecule has 33 heavy (non-hydrogen) atoms. The van der Waals surface area contributed by atoms with E-state index < -0.39 is 0 Å². The van der Waals surface area contributed by atoms with Gasteiger partial charge in [0, 0.05) is 5.56 Å². The number of halogens is 2. The number of phenols is 1. The smallest absolute Gasteiger partial charge is 0.262 e. The Morgan fingerprint density at radius 1 is 0.879 bits per heavy atom. The van der Waals surface area contributed by atoms with E-state index in [9.17, 15) is 5.11 Å². The molecule has 0 bridgehead atoms. The van der Waals surface area contributed by atoms with Gasteiger partial charge in [-0.15, -0.1) is 0 Å². The molecule has 0 aliphatic heterocycles. The Morgan fingerprint density at radius 3 is 2.15 bits per heavy atom. The zero-order chi connectivity index (χ0) is 23.9. The second kappa shape index (κ2) is 8.85. The molecule has 0 aliphatic carbocycles. The lowest BCUT2D eigenvalue weighted by Gasteiger charge is -2.23. The van der Waals surface area contributed by atoms with Gasteiger partial charge in [-0.2, -0.15) is 4.98 Å². The van der Waals surface area contributed by atoms with Crippen LogP contribution < -0.4 is 0 Å². The quantitative estimate of drug-likeness (QED) is 0.317. The summed E-state index contributed by atoms with van der Waals surface area (Å²) in [4.78, 5) is 4.54. The summed E-state index contributed by atoms with van der Waals surface area (Å²) < 4.78 is 5.59. The number of hydrogen-bond donors (Lipinski definition) is 1. The topological polar surface area (TPSA) is 59.2 Å². The Hall–Kier alpha value is -2.82. The van der Waals surface area contributed by atoms with Crippen molar-refractivity contribution in [1.29, 1.82) is 0 Å². The molecule has 4 rings (SSSR count). The molecule has 170 valence electrons. The van der Waals surface area contributed by atoms with Crippen LogP contribution in [-0.4, -0.2) is 15.2 Å². The molecule has 4 nitrogen and oxygen atoms in total. The van der Waals surface area contributed by atoms with Gasteiger partial charge in [0.25, 0.3) is 5.89 Å². The highest BCUT2D eigenvalue weighted by atomic mass is 35.5. The summed E-state index contributed by atoms with van der Waals surface area (Å²) in [6, 6.07) is 17.3. The van der Waals surface area contributed by atoms with Crippen LogP contribution in [0.25, 0.3) is 34.0 Å². The van der Waals surface area contributed by atoms with Crippen molar-refractivity contribution in [2.75, 3.05) is 0 Å². The van der Waals surface area contributed by atoms with E-state index in [4.69, 9.17) is 27.7 Å². The van der Waals surface area contributed by atoms with Gasteiger partial charge in [0.1, 0.15) is 5.75 Å². The van der Waals surface area contributed by atoms with Crippen molar-refractivity contribution in [3.8, 4) is 39.7 Å². The van der Waals surface area contributed by atoms with E-state index in [2.05, 4.69) is 50.8 Å². The number of rotatable bonds is 4. The van der Waals surface area contributed by atoms with Gasteiger partial charge in [0.2, 0.25) is 5.82 Å². The van der Waals surface area contributed by atoms with Crippen LogP contribution in [-0.2, 0) is 5.41 Å². The van der Waals surface area contributed by atoms with Crippen molar-refractivity contribution in [3.05, 3.63) is 75.8 Å². The first-order valence-corrected chi connectivity index (χ1v) is 11.6. The van der Waals surface area contributed by atoms with Crippen LogP contribution >= 0.6 is 23.2 Å². The molecule has 6 heteroatoms. The molecule has 0 fully saturated rings. The molecule has 0 aliphatic rings. The van der Waals surface area contributed by atoms with Crippen LogP contribution in [0.2, 0.25) is 10.0 Å². The lowest BCUT2D eigenvalue weighted by molar-refractivity contribution is 0.425. The van der Waals surface area contributed by atoms with Gasteiger partial charge in [-0.3, -0.25) is 0 Å². The van der Waals surface area contributed by atoms with Crippen molar-refractivity contribution in [2.45, 2.75) is 46.0 Å². The number of hydrogen-bond acceptors (Lipinski definition) is 4. The van der Waals surface area contributed by atoms with Gasteiger partial charge >= 0.3 is 0 Å². The molecule has 3 aromatic carbocycles. The van der Waals surface area contributed by atoms with Crippen molar-refractivity contribution >= 4 is 23.2 Å². The van der Waals surface area contributed by atoms with Crippen LogP contribution in [0.5, 0.6) is 5.75 Å². The Kier molecular flexibility index (Phi) is 6.26. The zero-order valence-corrected chi connectivity index (χ0v) is 20.8. The minimum absolute atomic E-state index is 0.0940. The number of phenolic OH excluding ortho intramolecular Hbond substituents is 1. The monoisotopic (exact) mass is 480 g/mol. The van der Waals surface area contributed by atoms with Gasteiger partial charge < -0.3 is 9.63 Å². The van der Waals surface area contributed by atoms with Gasteiger partial charge in [0.15, 0.2) is 0 Å². The average molecular weight is 481 g/mol. The predicted molar refractivity (Wildman–Crippen MR) is 135 cm³/mol. The summed E-state index contributed by atoms with van der Waals surface area (Å²) >= 11 is 12.7. The Bertz CT molecular complexity index is 1300. The minimum atomic E-state index is -0.168. The molecule has 1 aromatic heterocycles. The highest BCUT2D eigenvalue weighted by Crippen LogP contribution is 2.44. The van der Waals surface area contributed by atoms with E-state index in [1.54, 1.807) is 18.2 Å². The first-order chi connectivity index (χ1) is 15.6. The molecule has 0 atom stereocenters. The summed E-state index contributed by atoms with van der Waals surface area (Å²) in [7, 11) is 0. The van der Waals surface area contributed by atoms with Gasteiger partial charge in [-0.05, 0) is 52.3 Å². The van der Waals surface area contributed by atoms with E-state index in [1.807, 2.05) is 30.3 Å². The lowest BCUT2D eigenvalue weighted by atomic mass is 9.82. The van der Waals surface area contributed by atoms with E-state index in [0.717, 1.165) is 22.3 Å². The summed E-state index contributed by atoms with van der Waals surface area (Å²) in [5.74, 6) is 0.856. The number of aromatic nitrogens is 2. The van der Waals surface area contributed by atoms with Crippen LogP contribution in [0.4, 0.5) is 0 Å². The standard InChI is InChI=1S/C27H26Cl2N2O2/c1-15(2)17-9-6-7-10-18(17)19-13-16(27(3,4)5)14-20(24(19)32)26-30-25(31-33-26)23-21(28)11-8-12-22(23)29/h6-15,32H,1-5H3. The number of benzene rings is 3. The fraction of sp³-hybridized carbons (Fsp3) is 0.259. The van der Waals surface area contributed by atoms with Gasteiger partial charge in [-0.1, -0.05) is 93.3 Å². The second-order valence-electron chi connectivity index (χ2n) is 9.43. The maximum absolute atomic E-state index is 11.4. The molecular formula is C27H26Cl2N2O2. The number of aromatic hydroxyl groups is 1. The summed E-state index contributed by atoms with van der Waals surface area (Å²) in [5.41, 5.74) is 4.70. The van der Waals surface area contributed by atoms with Crippen molar-refractivity contribution < 1.29 is 9.63 Å². The summed E-state index contributed by atoms with van der Waals surface area (Å²) in [5, 5.41) is 16.4. The molecule has 0 saturated carbocycles. The van der Waals surface area contributed by atoms with Crippen LogP contribution in [0, 0.1) is 0 Å². The SMILES string of the molecule is CC(C)c1ccccc1-c1cc(C(C)(C)C)cc(-c2nc(-c3c(Cl)cccc3Cl)no2)c1O. The largest absolute Gasteiger partial charge is 0.506 e. The molecule has 0 saturated heterocycles. The third-order valence-corrected chi connectivity index (χ3v) is 6.32. The molecule has 0 amide bonds. The fourth-order valence-electron chi connectivity index (χ4n) is 3.83. The highest BCUT2D eigenvalue weighted by Gasteiger charge is 2.25. The normalized spacial score (nSPS) is 11.9. The Morgan fingerprint density at radius 2 is 1.52 bits per heavy atom. The van der Waals surface area contributed by atoms with E-state index in [0.29, 0.717) is 27.1 Å². The molecular weight excluding hydrogens is 455 g/mol. The maximum Gasteiger partial charge on any atom is 0.262 e. The molecule has 4 aromatic rings. The fourth-order valence-corrected chi connectivity index (χ4v) is 4.39. The van der Waals surface area contributed by atoms with E-state index >= 15 is 0 Å². The van der Waals surface area contributed by atoms with Gasteiger partial charge in [-0.25, -0.2) is 0 Å². The summed E-state index contributed by atoms with van der Waals surface area (Å²) in [6.07, 6.45) is 0. The molecule has 0 unspecified atom stereocenters. The van der Waals surface area contributed by atoms with Crippen LogP contribution in [0.15, 0.2) is 59.1 Å². The van der Waals surface area contributed by atoms with Crippen molar-refractivity contribution in [2.24, 2.45) is 0 Å². The first-order valence-electron chi connectivity index (χ1n) is 10.8. The minimum Gasteiger partial charge on any atom is -0.506 e. The second-order valence-corrected chi connectivity index (χ2v) is 10.2. The average Bonchev–Trinajstić information content (AvgIpc) is 3.22. The maximum atomic E-state index is 11.4. The molecule has 0 spiro atoms. The van der Waals surface area contributed by atoms with Crippen molar-refractivity contribution in [1.82, 2.24) is 10.1 Å². The van der Waals surface area contributed by atoms with Crippen molar-refractivity contribution in [3.63, 3.8) is 0 Å². The first kappa shape index (κ1) is 23.3. The third kappa shape index (κ3) is 4.50. The summed E-state index contributed by atoms with van der Waals surface area (Å²) in [6.45, 7) is 10.7. The zero-order valence-electron chi connectivity index (χ0n) is 19.3. The van der Waals surface area contributed by atoms with E-state index in [1.165, 1.54) is 0 Å². The van der Waals surface area contributed by atoms with Crippen LogP contribution in [0.1, 0.15) is 51.7 Å². The Labute approximate surface area is 204 Å². The predicted octanol–water partition coefficient (Wildman–Crippen LogP) is 8.50. The molecule has 1 heterocycles. The number of nitrogens with zero attached hydrogens (tertiary/aromatic N) is 2.